The Hall–Kier alpha value is -3.85. The summed E-state index contributed by atoms with van der Waals surface area (Å²) in [6, 6.07) is 9.01. The maximum absolute atomic E-state index is 14.7. The summed E-state index contributed by atoms with van der Waals surface area (Å²) >= 11 is 0. The summed E-state index contributed by atoms with van der Waals surface area (Å²) < 4.78 is 62.4. The average Bonchev–Trinajstić information content (AvgIpc) is 2.87. The minimum Gasteiger partial charge on any atom is -0.504 e. The lowest BCUT2D eigenvalue weighted by molar-refractivity contribution is 0.145. The highest BCUT2D eigenvalue weighted by atomic mass is 19.2. The molecule has 1 aromatic heterocycles. The molecule has 1 fully saturated rings. The summed E-state index contributed by atoms with van der Waals surface area (Å²) in [5.74, 6) is -5.30. The molecule has 1 aliphatic rings. The van der Waals surface area contributed by atoms with Gasteiger partial charge in [0, 0.05) is 42.4 Å². The van der Waals surface area contributed by atoms with E-state index in [1.165, 1.54) is 31.4 Å². The number of ether oxygens (including phenoxy) is 1. The lowest BCUT2D eigenvalue weighted by Gasteiger charge is -2.34. The second kappa shape index (κ2) is 9.31. The molecule has 9 heteroatoms. The monoisotopic (exact) mass is 498 g/mol. The highest BCUT2D eigenvalue weighted by molar-refractivity contribution is 6.02. The van der Waals surface area contributed by atoms with Gasteiger partial charge in [0.25, 0.3) is 0 Å². The molecule has 1 aliphatic heterocycles. The van der Waals surface area contributed by atoms with E-state index in [1.54, 1.807) is 18.3 Å². The second-order valence-electron chi connectivity index (χ2n) is 8.73. The summed E-state index contributed by atoms with van der Waals surface area (Å²) in [7, 11) is 1.43. The highest BCUT2D eigenvalue weighted by Crippen LogP contribution is 2.42. The minimum atomic E-state index is -1.43. The number of halogens is 4. The van der Waals surface area contributed by atoms with Gasteiger partial charge in [-0.3, -0.25) is 4.98 Å². The number of aromatic hydroxyl groups is 1. The Bertz CT molecular complexity index is 1440. The molecule has 0 saturated carbocycles. The van der Waals surface area contributed by atoms with Crippen LogP contribution in [0.1, 0.15) is 12.8 Å². The van der Waals surface area contributed by atoms with E-state index in [0.717, 1.165) is 0 Å². The first-order chi connectivity index (χ1) is 17.3. The maximum atomic E-state index is 14.7. The number of benzene rings is 3. The molecular weight excluding hydrogens is 476 g/mol. The van der Waals surface area contributed by atoms with Gasteiger partial charge in [0.15, 0.2) is 23.2 Å². The average molecular weight is 498 g/mol. The lowest BCUT2D eigenvalue weighted by Crippen LogP contribution is -2.36. The van der Waals surface area contributed by atoms with Gasteiger partial charge in [-0.15, -0.1) is 0 Å². The van der Waals surface area contributed by atoms with Crippen molar-refractivity contribution in [1.82, 2.24) is 4.98 Å². The number of hydrogen-bond acceptors (Lipinski definition) is 5. The van der Waals surface area contributed by atoms with Crippen LogP contribution in [-0.4, -0.2) is 41.5 Å². The number of aromatic nitrogens is 1. The van der Waals surface area contributed by atoms with E-state index in [-0.39, 0.29) is 11.6 Å². The van der Waals surface area contributed by atoms with Crippen molar-refractivity contribution < 1.29 is 32.5 Å². The van der Waals surface area contributed by atoms with E-state index in [0.29, 0.717) is 59.4 Å². The molecule has 0 amide bonds. The number of rotatable bonds is 4. The molecule has 0 atom stereocenters. The molecule has 0 aliphatic carbocycles. The van der Waals surface area contributed by atoms with Crippen molar-refractivity contribution in [2.75, 3.05) is 25.1 Å². The number of hydrogen-bond donors (Lipinski definition) is 2. The number of phenols is 1. The van der Waals surface area contributed by atoms with Crippen LogP contribution in [-0.2, 0) is 0 Å². The van der Waals surface area contributed by atoms with Crippen molar-refractivity contribution in [3.63, 3.8) is 0 Å². The fourth-order valence-corrected chi connectivity index (χ4v) is 4.66. The van der Waals surface area contributed by atoms with Crippen LogP contribution in [0.15, 0.2) is 48.7 Å². The number of methoxy groups -OCH3 is 1. The summed E-state index contributed by atoms with van der Waals surface area (Å²) in [6.45, 7) is 0.969. The van der Waals surface area contributed by atoms with Crippen LogP contribution in [0.4, 0.5) is 23.2 Å². The Morgan fingerprint density at radius 3 is 2.42 bits per heavy atom. The maximum Gasteiger partial charge on any atom is 0.170 e. The van der Waals surface area contributed by atoms with E-state index >= 15 is 0 Å². The topological polar surface area (TPSA) is 65.8 Å². The number of pyridine rings is 1. The van der Waals surface area contributed by atoms with Crippen molar-refractivity contribution in [1.29, 1.82) is 0 Å². The Kier molecular flexibility index (Phi) is 6.17. The highest BCUT2D eigenvalue weighted by Gasteiger charge is 2.25. The van der Waals surface area contributed by atoms with Crippen LogP contribution >= 0.6 is 0 Å². The number of aliphatic hydroxyl groups excluding tert-OH is 1. The summed E-state index contributed by atoms with van der Waals surface area (Å²) in [5.41, 5.74) is 1.63. The van der Waals surface area contributed by atoms with Crippen LogP contribution in [0, 0.1) is 23.3 Å². The van der Waals surface area contributed by atoms with Crippen LogP contribution in [0.25, 0.3) is 33.2 Å². The molecule has 4 aromatic rings. The second-order valence-corrected chi connectivity index (χ2v) is 8.73. The van der Waals surface area contributed by atoms with Gasteiger partial charge in [-0.2, -0.15) is 0 Å². The third-order valence-corrected chi connectivity index (χ3v) is 6.47. The molecule has 3 aromatic carbocycles. The van der Waals surface area contributed by atoms with Gasteiger partial charge < -0.3 is 19.8 Å². The molecule has 1 saturated heterocycles. The van der Waals surface area contributed by atoms with Crippen LogP contribution in [0.5, 0.6) is 11.5 Å². The van der Waals surface area contributed by atoms with Gasteiger partial charge >= 0.3 is 0 Å². The third-order valence-electron chi connectivity index (χ3n) is 6.47. The molecule has 2 heterocycles. The molecular formula is C27H22F4N2O3. The molecule has 0 unspecified atom stereocenters. The molecule has 5 rings (SSSR count). The first kappa shape index (κ1) is 23.9. The zero-order valence-electron chi connectivity index (χ0n) is 19.2. The van der Waals surface area contributed by atoms with Crippen molar-refractivity contribution in [2.45, 2.75) is 18.9 Å². The fraction of sp³-hybridized carbons (Fsp3) is 0.222. The molecule has 186 valence electrons. The zero-order chi connectivity index (χ0) is 25.6. The van der Waals surface area contributed by atoms with Crippen molar-refractivity contribution in [2.24, 2.45) is 0 Å². The first-order valence-corrected chi connectivity index (χ1v) is 11.3. The number of fused-ring (bicyclic) bond motifs is 1. The van der Waals surface area contributed by atoms with Crippen LogP contribution in [0.3, 0.4) is 0 Å². The Morgan fingerprint density at radius 1 is 0.944 bits per heavy atom. The number of piperidine rings is 1. The molecule has 0 bridgehead atoms. The molecule has 0 radical (unpaired) electrons. The largest absolute Gasteiger partial charge is 0.504 e. The summed E-state index contributed by atoms with van der Waals surface area (Å²) in [4.78, 5) is 6.49. The van der Waals surface area contributed by atoms with Gasteiger partial charge in [-0.25, -0.2) is 17.6 Å². The predicted octanol–water partition coefficient (Wildman–Crippen LogP) is 5.80. The normalized spacial score (nSPS) is 14.4. The Labute approximate surface area is 204 Å². The van der Waals surface area contributed by atoms with E-state index < -0.39 is 40.7 Å². The van der Waals surface area contributed by atoms with Crippen molar-refractivity contribution in [3.8, 4) is 33.8 Å². The molecule has 2 N–H and O–H groups in total. The zero-order valence-corrected chi connectivity index (χ0v) is 19.2. The van der Waals surface area contributed by atoms with E-state index in [1.807, 2.05) is 4.90 Å². The van der Waals surface area contributed by atoms with Gasteiger partial charge in [-0.1, -0.05) is 6.07 Å². The number of aliphatic hydroxyl groups is 1. The Balaban J connectivity index is 1.79. The van der Waals surface area contributed by atoms with Gasteiger partial charge in [0.1, 0.15) is 11.6 Å². The summed E-state index contributed by atoms with van der Waals surface area (Å²) in [5, 5.41) is 20.8. The smallest absolute Gasteiger partial charge is 0.170 e. The van der Waals surface area contributed by atoms with Crippen LogP contribution < -0.4 is 9.64 Å². The number of anilines is 1. The SMILES string of the molecule is COc1cc(F)cc(-c2cnc3ccc(-c4c(O)c(F)cc(F)c4F)cc3c2N2CCC(O)CC2)c1. The van der Waals surface area contributed by atoms with E-state index in [2.05, 4.69) is 4.98 Å². The fourth-order valence-electron chi connectivity index (χ4n) is 4.66. The summed E-state index contributed by atoms with van der Waals surface area (Å²) in [6.07, 6.45) is 2.14. The van der Waals surface area contributed by atoms with Crippen molar-refractivity contribution in [3.05, 3.63) is 71.9 Å². The number of phenolic OH excluding ortho intramolecular Hbond substituents is 1. The molecule has 36 heavy (non-hydrogen) atoms. The molecule has 5 nitrogen and oxygen atoms in total. The third kappa shape index (κ3) is 4.19. The van der Waals surface area contributed by atoms with E-state index in [9.17, 15) is 27.8 Å². The number of nitrogens with zero attached hydrogens (tertiary/aromatic N) is 2. The quantitative estimate of drug-likeness (QED) is 0.275. The van der Waals surface area contributed by atoms with Gasteiger partial charge in [0.2, 0.25) is 0 Å². The van der Waals surface area contributed by atoms with E-state index in [4.69, 9.17) is 4.74 Å². The minimum absolute atomic E-state index is 0.0463. The predicted molar refractivity (Wildman–Crippen MR) is 128 cm³/mol. The van der Waals surface area contributed by atoms with Crippen molar-refractivity contribution >= 4 is 16.6 Å². The lowest BCUT2D eigenvalue weighted by atomic mass is 9.95. The standard InChI is InChI=1S/C27H22F4N2O3/c1-36-18-9-15(8-16(28)11-18)20-13-32-23-3-2-14(24-25(31)21(29)12-22(30)27(24)35)10-19(23)26(20)33-6-4-17(34)5-7-33/h2-3,8-13,17,34-35H,4-7H2,1H3. The molecule has 0 spiro atoms. The Morgan fingerprint density at radius 2 is 1.69 bits per heavy atom. The first-order valence-electron chi connectivity index (χ1n) is 11.3. The van der Waals surface area contributed by atoms with Crippen LogP contribution in [0.2, 0.25) is 0 Å². The van der Waals surface area contributed by atoms with Gasteiger partial charge in [0.05, 0.1) is 30.0 Å². The van der Waals surface area contributed by atoms with Gasteiger partial charge in [-0.05, 0) is 48.2 Å².